The molecule has 2 aromatic rings. The fourth-order valence-corrected chi connectivity index (χ4v) is 2.14. The number of rotatable bonds is 4. The van der Waals surface area contributed by atoms with E-state index < -0.39 is 0 Å². The Bertz CT molecular complexity index is 681. The number of amides is 1. The minimum atomic E-state index is -0.232. The lowest BCUT2D eigenvalue weighted by molar-refractivity contribution is -0.119. The third kappa shape index (κ3) is 2.55. The maximum Gasteiger partial charge on any atom is 0.250 e. The Morgan fingerprint density at radius 3 is 3.05 bits per heavy atom. The van der Waals surface area contributed by atoms with E-state index in [9.17, 15) is 4.79 Å². The number of methoxy groups -OCH3 is 1. The lowest BCUT2D eigenvalue weighted by Gasteiger charge is -2.07. The summed E-state index contributed by atoms with van der Waals surface area (Å²) in [6.45, 7) is 2.05. The zero-order valence-corrected chi connectivity index (χ0v) is 11.7. The van der Waals surface area contributed by atoms with Crippen LogP contribution in [0.15, 0.2) is 18.2 Å². The molecule has 0 radical (unpaired) electrons. The molecule has 1 aromatic carbocycles. The highest BCUT2D eigenvalue weighted by Gasteiger charge is 2.19. The van der Waals surface area contributed by atoms with Crippen LogP contribution in [0.25, 0.3) is 11.3 Å². The summed E-state index contributed by atoms with van der Waals surface area (Å²) < 4.78 is 15.5. The smallest absolute Gasteiger partial charge is 0.250 e. The maximum absolute atomic E-state index is 11.7. The lowest BCUT2D eigenvalue weighted by atomic mass is 10.1. The van der Waals surface area contributed by atoms with Crippen molar-refractivity contribution >= 4 is 11.6 Å². The van der Waals surface area contributed by atoms with Gasteiger partial charge >= 0.3 is 0 Å². The van der Waals surface area contributed by atoms with Gasteiger partial charge in [-0.3, -0.25) is 9.89 Å². The molecule has 1 aliphatic rings. The van der Waals surface area contributed by atoms with Gasteiger partial charge in [0, 0.05) is 12.7 Å². The molecule has 1 amide bonds. The Balaban J connectivity index is 1.94. The number of anilines is 1. The third-order valence-electron chi connectivity index (χ3n) is 3.13. The number of aromatic amines is 1. The molecule has 0 atom stereocenters. The molecule has 0 unspecified atom stereocenters. The zero-order valence-electron chi connectivity index (χ0n) is 11.7. The van der Waals surface area contributed by atoms with Crippen molar-refractivity contribution in [3.05, 3.63) is 23.9 Å². The molecule has 1 aromatic heterocycles. The molecule has 7 nitrogen and oxygen atoms in total. The zero-order chi connectivity index (χ0) is 14.8. The van der Waals surface area contributed by atoms with E-state index in [1.54, 1.807) is 0 Å². The molecule has 0 aliphatic carbocycles. The van der Waals surface area contributed by atoms with Gasteiger partial charge in [-0.1, -0.05) is 0 Å². The average molecular weight is 289 g/mol. The SMILES string of the molecule is COCC(=O)Nc1c(-c2ccc3c(c2)OCO3)n[nH]c1C. The van der Waals surface area contributed by atoms with Gasteiger partial charge in [-0.05, 0) is 25.1 Å². The van der Waals surface area contributed by atoms with Crippen molar-refractivity contribution in [3.8, 4) is 22.8 Å². The number of nitrogens with one attached hydrogen (secondary N) is 2. The molecule has 110 valence electrons. The Morgan fingerprint density at radius 2 is 2.24 bits per heavy atom. The molecule has 0 saturated heterocycles. The molecule has 2 heterocycles. The highest BCUT2D eigenvalue weighted by atomic mass is 16.7. The molecule has 0 bridgehead atoms. The molecule has 0 spiro atoms. The third-order valence-corrected chi connectivity index (χ3v) is 3.13. The Hall–Kier alpha value is -2.54. The predicted molar refractivity (Wildman–Crippen MR) is 75.4 cm³/mol. The maximum atomic E-state index is 11.7. The van der Waals surface area contributed by atoms with Crippen LogP contribution in [-0.2, 0) is 9.53 Å². The molecule has 0 saturated carbocycles. The fourth-order valence-electron chi connectivity index (χ4n) is 2.14. The van der Waals surface area contributed by atoms with E-state index in [0.29, 0.717) is 22.9 Å². The molecule has 21 heavy (non-hydrogen) atoms. The topological polar surface area (TPSA) is 85.5 Å². The number of aromatic nitrogens is 2. The Morgan fingerprint density at radius 1 is 1.43 bits per heavy atom. The quantitative estimate of drug-likeness (QED) is 0.894. The molecule has 3 rings (SSSR count). The monoisotopic (exact) mass is 289 g/mol. The number of fused-ring (bicyclic) bond motifs is 1. The van der Waals surface area contributed by atoms with E-state index in [0.717, 1.165) is 11.3 Å². The van der Waals surface area contributed by atoms with Gasteiger partial charge in [0.1, 0.15) is 12.3 Å². The van der Waals surface area contributed by atoms with Crippen molar-refractivity contribution in [2.75, 3.05) is 25.8 Å². The number of hydrogen-bond donors (Lipinski definition) is 2. The second-order valence-electron chi connectivity index (χ2n) is 4.62. The number of benzene rings is 1. The van der Waals surface area contributed by atoms with Crippen molar-refractivity contribution in [2.45, 2.75) is 6.92 Å². The van der Waals surface area contributed by atoms with Gasteiger partial charge in [0.05, 0.1) is 11.4 Å². The van der Waals surface area contributed by atoms with Crippen LogP contribution < -0.4 is 14.8 Å². The molecule has 7 heteroatoms. The first-order chi connectivity index (χ1) is 10.2. The number of H-pyrrole nitrogens is 1. The van der Waals surface area contributed by atoms with E-state index in [1.807, 2.05) is 25.1 Å². The van der Waals surface area contributed by atoms with E-state index in [-0.39, 0.29) is 19.3 Å². The first-order valence-corrected chi connectivity index (χ1v) is 6.43. The van der Waals surface area contributed by atoms with Crippen molar-refractivity contribution in [1.29, 1.82) is 0 Å². The number of carbonyl (C=O) groups excluding carboxylic acids is 1. The molecular weight excluding hydrogens is 274 g/mol. The van der Waals surface area contributed by atoms with E-state index in [1.165, 1.54) is 7.11 Å². The summed E-state index contributed by atoms with van der Waals surface area (Å²) >= 11 is 0. The van der Waals surface area contributed by atoms with E-state index in [2.05, 4.69) is 15.5 Å². The van der Waals surface area contributed by atoms with Gasteiger partial charge in [0.25, 0.3) is 0 Å². The van der Waals surface area contributed by atoms with Gasteiger partial charge in [0.15, 0.2) is 11.5 Å². The number of ether oxygens (including phenoxy) is 3. The van der Waals surface area contributed by atoms with Gasteiger partial charge in [-0.2, -0.15) is 5.10 Å². The predicted octanol–water partition coefficient (Wildman–Crippen LogP) is 1.70. The first-order valence-electron chi connectivity index (χ1n) is 6.43. The van der Waals surface area contributed by atoms with E-state index >= 15 is 0 Å². The molecule has 2 N–H and O–H groups in total. The van der Waals surface area contributed by atoms with Crippen LogP contribution in [0.4, 0.5) is 5.69 Å². The Kier molecular flexibility index (Phi) is 3.49. The number of aryl methyl sites for hydroxylation is 1. The van der Waals surface area contributed by atoms with Crippen molar-refractivity contribution in [3.63, 3.8) is 0 Å². The van der Waals surface area contributed by atoms with Crippen molar-refractivity contribution < 1.29 is 19.0 Å². The summed E-state index contributed by atoms with van der Waals surface area (Å²) in [5.41, 5.74) is 2.88. The van der Waals surface area contributed by atoms with Crippen LogP contribution in [0.2, 0.25) is 0 Å². The molecule has 1 aliphatic heterocycles. The van der Waals surface area contributed by atoms with Gasteiger partial charge in [-0.25, -0.2) is 0 Å². The standard InChI is InChI=1S/C14H15N3O4/c1-8-13(15-12(18)6-19-2)14(17-16-8)9-3-4-10-11(5-9)21-7-20-10/h3-5H,6-7H2,1-2H3,(H,15,18)(H,16,17). The van der Waals surface area contributed by atoms with Gasteiger partial charge in [0.2, 0.25) is 12.7 Å². The summed E-state index contributed by atoms with van der Waals surface area (Å²) in [5.74, 6) is 1.14. The largest absolute Gasteiger partial charge is 0.454 e. The van der Waals surface area contributed by atoms with Crippen LogP contribution in [0.3, 0.4) is 0 Å². The average Bonchev–Trinajstić information content (AvgIpc) is 3.06. The summed E-state index contributed by atoms with van der Waals surface area (Å²) in [7, 11) is 1.47. The van der Waals surface area contributed by atoms with Gasteiger partial charge in [-0.15, -0.1) is 0 Å². The van der Waals surface area contributed by atoms with E-state index in [4.69, 9.17) is 14.2 Å². The van der Waals surface area contributed by atoms with Crippen LogP contribution in [0.5, 0.6) is 11.5 Å². The van der Waals surface area contributed by atoms with Crippen LogP contribution in [-0.4, -0.2) is 36.6 Å². The van der Waals surface area contributed by atoms with Crippen LogP contribution in [0, 0.1) is 6.92 Å². The molecular formula is C14H15N3O4. The van der Waals surface area contributed by atoms with Crippen molar-refractivity contribution in [1.82, 2.24) is 10.2 Å². The Labute approximate surface area is 121 Å². The van der Waals surface area contributed by atoms with Crippen molar-refractivity contribution in [2.24, 2.45) is 0 Å². The number of nitrogens with zero attached hydrogens (tertiary/aromatic N) is 1. The second-order valence-corrected chi connectivity index (χ2v) is 4.62. The summed E-state index contributed by atoms with van der Waals surface area (Å²) in [6, 6.07) is 5.53. The number of hydrogen-bond acceptors (Lipinski definition) is 5. The fraction of sp³-hybridized carbons (Fsp3) is 0.286. The number of carbonyl (C=O) groups is 1. The minimum absolute atomic E-state index is 0.00873. The summed E-state index contributed by atoms with van der Waals surface area (Å²) in [5, 5.41) is 9.92. The lowest BCUT2D eigenvalue weighted by Crippen LogP contribution is -2.17. The van der Waals surface area contributed by atoms with Crippen LogP contribution >= 0.6 is 0 Å². The minimum Gasteiger partial charge on any atom is -0.454 e. The second kappa shape index (κ2) is 5.45. The summed E-state index contributed by atoms with van der Waals surface area (Å²) in [6.07, 6.45) is 0. The normalized spacial score (nSPS) is 12.5. The highest BCUT2D eigenvalue weighted by molar-refractivity contribution is 5.96. The summed E-state index contributed by atoms with van der Waals surface area (Å²) in [4.78, 5) is 11.7. The van der Waals surface area contributed by atoms with Gasteiger partial charge < -0.3 is 19.5 Å². The first kappa shape index (κ1) is 13.4. The molecule has 0 fully saturated rings. The van der Waals surface area contributed by atoms with Crippen LogP contribution in [0.1, 0.15) is 5.69 Å². The highest BCUT2D eigenvalue weighted by Crippen LogP contribution is 2.37.